The maximum Gasteiger partial charge on any atom is 0.277 e. The molecular weight excluding hydrogens is 374 g/mol. The zero-order valence-corrected chi connectivity index (χ0v) is 16.7. The van der Waals surface area contributed by atoms with Crippen molar-refractivity contribution in [2.75, 3.05) is 20.8 Å². The Morgan fingerprint density at radius 1 is 0.931 bits per heavy atom. The second kappa shape index (κ2) is 11.3. The summed E-state index contributed by atoms with van der Waals surface area (Å²) < 4.78 is 15.7. The quantitative estimate of drug-likeness (QED) is 0.472. The SMILES string of the molecule is COc1ccc(OCC(=O)NN=C(C)CC(=O)NCc2ccccc2OC)cc1. The van der Waals surface area contributed by atoms with Crippen LogP contribution in [0.5, 0.6) is 17.2 Å². The van der Waals surface area contributed by atoms with Crippen LogP contribution in [0.25, 0.3) is 0 Å². The van der Waals surface area contributed by atoms with Gasteiger partial charge >= 0.3 is 0 Å². The van der Waals surface area contributed by atoms with Gasteiger partial charge in [-0.05, 0) is 37.3 Å². The maximum absolute atomic E-state index is 12.1. The van der Waals surface area contributed by atoms with Crippen LogP contribution in [0.2, 0.25) is 0 Å². The fraction of sp³-hybridized carbons (Fsp3) is 0.286. The molecule has 0 bridgehead atoms. The van der Waals surface area contributed by atoms with Crippen molar-refractivity contribution in [3.8, 4) is 17.2 Å². The van der Waals surface area contributed by atoms with Gasteiger partial charge in [0.05, 0.1) is 20.6 Å². The lowest BCUT2D eigenvalue weighted by molar-refractivity contribution is -0.123. The summed E-state index contributed by atoms with van der Waals surface area (Å²) in [6.07, 6.45) is 0.0643. The average molecular weight is 399 g/mol. The third-order valence-electron chi connectivity index (χ3n) is 3.89. The predicted octanol–water partition coefficient (Wildman–Crippen LogP) is 2.28. The minimum absolute atomic E-state index is 0.0643. The largest absolute Gasteiger partial charge is 0.497 e. The van der Waals surface area contributed by atoms with Crippen LogP contribution < -0.4 is 25.0 Å². The Balaban J connectivity index is 1.72. The molecule has 0 radical (unpaired) electrons. The van der Waals surface area contributed by atoms with Crippen molar-refractivity contribution in [1.82, 2.24) is 10.7 Å². The minimum atomic E-state index is -0.422. The topological polar surface area (TPSA) is 98.3 Å². The van der Waals surface area contributed by atoms with Gasteiger partial charge in [-0.25, -0.2) is 5.43 Å². The van der Waals surface area contributed by atoms with E-state index in [4.69, 9.17) is 14.2 Å². The summed E-state index contributed by atoms with van der Waals surface area (Å²) in [5, 5.41) is 6.72. The molecule has 8 heteroatoms. The first-order valence-corrected chi connectivity index (χ1v) is 8.99. The van der Waals surface area contributed by atoms with E-state index in [-0.39, 0.29) is 18.9 Å². The molecule has 2 rings (SSSR count). The number of hydrogen-bond donors (Lipinski definition) is 2. The lowest BCUT2D eigenvalue weighted by Gasteiger charge is -2.09. The molecule has 0 saturated carbocycles. The summed E-state index contributed by atoms with van der Waals surface area (Å²) >= 11 is 0. The summed E-state index contributed by atoms with van der Waals surface area (Å²) in [5.41, 5.74) is 3.72. The first-order chi connectivity index (χ1) is 14.0. The van der Waals surface area contributed by atoms with Crippen molar-refractivity contribution in [3.63, 3.8) is 0 Å². The first-order valence-electron chi connectivity index (χ1n) is 8.99. The first kappa shape index (κ1) is 21.7. The summed E-state index contributed by atoms with van der Waals surface area (Å²) in [7, 11) is 3.15. The Labute approximate surface area is 169 Å². The maximum atomic E-state index is 12.1. The Kier molecular flexibility index (Phi) is 8.50. The number of nitrogens with zero attached hydrogens (tertiary/aromatic N) is 1. The molecule has 0 atom stereocenters. The van der Waals surface area contributed by atoms with E-state index in [1.165, 1.54) is 0 Å². The van der Waals surface area contributed by atoms with Crippen molar-refractivity contribution in [2.45, 2.75) is 19.9 Å². The molecule has 2 N–H and O–H groups in total. The van der Waals surface area contributed by atoms with Crippen LogP contribution in [0.1, 0.15) is 18.9 Å². The standard InChI is InChI=1S/C21H25N3O5/c1-15(12-20(25)22-13-16-6-4-5-7-19(16)28-3)23-24-21(26)14-29-18-10-8-17(27-2)9-11-18/h4-11H,12-14H2,1-3H3,(H,22,25)(H,24,26). The van der Waals surface area contributed by atoms with E-state index in [1.54, 1.807) is 45.4 Å². The summed E-state index contributed by atoms with van der Waals surface area (Å²) in [6, 6.07) is 14.3. The molecule has 29 heavy (non-hydrogen) atoms. The van der Waals surface area contributed by atoms with Crippen LogP contribution in [0, 0.1) is 0 Å². The molecular formula is C21H25N3O5. The normalized spacial score (nSPS) is 10.8. The number of nitrogens with one attached hydrogen (secondary N) is 2. The van der Waals surface area contributed by atoms with Crippen LogP contribution in [0.3, 0.4) is 0 Å². The van der Waals surface area contributed by atoms with Gasteiger partial charge in [0.15, 0.2) is 6.61 Å². The lowest BCUT2D eigenvalue weighted by Crippen LogP contribution is -2.28. The Morgan fingerprint density at radius 3 is 2.31 bits per heavy atom. The van der Waals surface area contributed by atoms with Crippen molar-refractivity contribution < 1.29 is 23.8 Å². The van der Waals surface area contributed by atoms with Gasteiger partial charge in [0, 0.05) is 17.8 Å². The number of ether oxygens (including phenoxy) is 3. The lowest BCUT2D eigenvalue weighted by atomic mass is 10.2. The molecule has 2 amide bonds. The zero-order valence-electron chi connectivity index (χ0n) is 16.7. The summed E-state index contributed by atoms with van der Waals surface area (Å²) in [4.78, 5) is 23.9. The van der Waals surface area contributed by atoms with E-state index in [0.717, 1.165) is 5.56 Å². The van der Waals surface area contributed by atoms with E-state index < -0.39 is 5.91 Å². The highest BCUT2D eigenvalue weighted by molar-refractivity contribution is 6.00. The number of amides is 2. The molecule has 2 aromatic rings. The Bertz CT molecular complexity index is 850. The second-order valence-corrected chi connectivity index (χ2v) is 6.11. The molecule has 0 heterocycles. The van der Waals surface area contributed by atoms with Crippen LogP contribution in [-0.4, -0.2) is 38.4 Å². The number of rotatable bonds is 10. The highest BCUT2D eigenvalue weighted by Gasteiger charge is 2.08. The molecule has 0 aliphatic heterocycles. The Hall–Kier alpha value is -3.55. The fourth-order valence-electron chi connectivity index (χ4n) is 2.39. The number of para-hydroxylation sites is 1. The molecule has 0 unspecified atom stereocenters. The van der Waals surface area contributed by atoms with Crippen molar-refractivity contribution in [1.29, 1.82) is 0 Å². The van der Waals surface area contributed by atoms with Gasteiger partial charge in [-0.1, -0.05) is 18.2 Å². The van der Waals surface area contributed by atoms with Crippen LogP contribution in [-0.2, 0) is 16.1 Å². The van der Waals surface area contributed by atoms with Gasteiger partial charge in [0.1, 0.15) is 17.2 Å². The van der Waals surface area contributed by atoms with Gasteiger partial charge in [0.2, 0.25) is 5.91 Å². The van der Waals surface area contributed by atoms with E-state index in [2.05, 4.69) is 15.8 Å². The highest BCUT2D eigenvalue weighted by Crippen LogP contribution is 2.17. The number of hydrazone groups is 1. The summed E-state index contributed by atoms with van der Waals surface area (Å²) in [5.74, 6) is 1.32. The predicted molar refractivity (Wildman–Crippen MR) is 109 cm³/mol. The van der Waals surface area contributed by atoms with Gasteiger partial charge in [-0.3, -0.25) is 9.59 Å². The van der Waals surface area contributed by atoms with Gasteiger partial charge in [-0.2, -0.15) is 5.10 Å². The van der Waals surface area contributed by atoms with Gasteiger partial charge < -0.3 is 19.5 Å². The summed E-state index contributed by atoms with van der Waals surface area (Å²) in [6.45, 7) is 1.81. The molecule has 0 aromatic heterocycles. The van der Waals surface area contributed by atoms with Crippen molar-refractivity contribution >= 4 is 17.5 Å². The van der Waals surface area contributed by atoms with E-state index in [9.17, 15) is 9.59 Å². The zero-order chi connectivity index (χ0) is 21.1. The van der Waals surface area contributed by atoms with Crippen molar-refractivity contribution in [3.05, 3.63) is 54.1 Å². The molecule has 0 aliphatic rings. The fourth-order valence-corrected chi connectivity index (χ4v) is 2.39. The molecule has 8 nitrogen and oxygen atoms in total. The second-order valence-electron chi connectivity index (χ2n) is 6.11. The van der Waals surface area contributed by atoms with E-state index in [0.29, 0.717) is 29.5 Å². The van der Waals surface area contributed by atoms with E-state index >= 15 is 0 Å². The van der Waals surface area contributed by atoms with Gasteiger partial charge in [0.25, 0.3) is 5.91 Å². The third kappa shape index (κ3) is 7.53. The molecule has 0 fully saturated rings. The Morgan fingerprint density at radius 2 is 1.62 bits per heavy atom. The minimum Gasteiger partial charge on any atom is -0.497 e. The monoisotopic (exact) mass is 399 g/mol. The van der Waals surface area contributed by atoms with Crippen LogP contribution >= 0.6 is 0 Å². The third-order valence-corrected chi connectivity index (χ3v) is 3.89. The molecule has 0 aliphatic carbocycles. The number of hydrogen-bond acceptors (Lipinski definition) is 6. The molecule has 154 valence electrons. The number of carbonyl (C=O) groups is 2. The number of methoxy groups -OCH3 is 2. The van der Waals surface area contributed by atoms with Crippen LogP contribution in [0.4, 0.5) is 0 Å². The molecule has 2 aromatic carbocycles. The van der Waals surface area contributed by atoms with Crippen LogP contribution in [0.15, 0.2) is 53.6 Å². The highest BCUT2D eigenvalue weighted by atomic mass is 16.5. The van der Waals surface area contributed by atoms with Gasteiger partial charge in [-0.15, -0.1) is 0 Å². The smallest absolute Gasteiger partial charge is 0.277 e. The number of benzene rings is 2. The molecule has 0 spiro atoms. The average Bonchev–Trinajstić information content (AvgIpc) is 2.75. The van der Waals surface area contributed by atoms with E-state index in [1.807, 2.05) is 24.3 Å². The van der Waals surface area contributed by atoms with Crippen molar-refractivity contribution in [2.24, 2.45) is 5.10 Å². The number of carbonyl (C=O) groups excluding carboxylic acids is 2. The molecule has 0 saturated heterocycles.